The number of aliphatic hydroxyl groups is 1. The Bertz CT molecular complexity index is 1270. The molecule has 14 heteroatoms. The highest BCUT2D eigenvalue weighted by Crippen LogP contribution is 2.37. The standard InChI is InChI=1S/C25H30FN4O8P/c1-30-28-7-6-24(29-30)23-5-3-18(12-27-23)21-4-2-16(10-22(21)26)8-17-9-19(37-25(32)11-17)14-36-15-20(13-31)38-39(33,34)35/h2-5,7,10,12,17,19-20,31H,6,8-9,11,13-15H2,1H3,(H2,33,34,35). The number of hydrogen-bond donors (Lipinski definition) is 3. The highest BCUT2D eigenvalue weighted by atomic mass is 31.2. The summed E-state index contributed by atoms with van der Waals surface area (Å²) in [4.78, 5) is 34.3. The second-order valence-electron chi connectivity index (χ2n) is 9.34. The molecule has 3 heterocycles. The number of pyridine rings is 1. The summed E-state index contributed by atoms with van der Waals surface area (Å²) in [6, 6.07) is 8.56. The van der Waals surface area contributed by atoms with Gasteiger partial charge in [-0.2, -0.15) is 15.3 Å². The van der Waals surface area contributed by atoms with Crippen LogP contribution in [0.5, 0.6) is 0 Å². The average molecular weight is 565 g/mol. The maximum atomic E-state index is 15.1. The number of esters is 1. The molecule has 0 spiro atoms. The number of halogens is 1. The number of aliphatic hydroxyl groups excluding tert-OH is 1. The van der Waals surface area contributed by atoms with Crippen molar-refractivity contribution < 1.29 is 42.6 Å². The van der Waals surface area contributed by atoms with Gasteiger partial charge in [-0.05, 0) is 36.5 Å². The zero-order valence-corrected chi connectivity index (χ0v) is 22.1. The first kappa shape index (κ1) is 28.9. The van der Waals surface area contributed by atoms with Crippen LogP contribution in [-0.2, 0) is 29.8 Å². The minimum absolute atomic E-state index is 0.0327. The molecule has 0 bridgehead atoms. The molecule has 3 unspecified atom stereocenters. The number of phosphoric ester groups is 1. The Balaban J connectivity index is 1.33. The number of aromatic nitrogens is 1. The SMILES string of the molecule is CN1N=CCC(c2ccc(-c3ccc(CC4CC(=O)OC(COCC(CO)OP(=O)(O)O)C4)cc3F)cn2)=N1. The third-order valence-electron chi connectivity index (χ3n) is 6.17. The lowest BCUT2D eigenvalue weighted by atomic mass is 9.88. The van der Waals surface area contributed by atoms with Crippen molar-refractivity contribution in [1.82, 2.24) is 10.1 Å². The van der Waals surface area contributed by atoms with Gasteiger partial charge in [0.15, 0.2) is 0 Å². The van der Waals surface area contributed by atoms with Gasteiger partial charge >= 0.3 is 13.8 Å². The third-order valence-corrected chi connectivity index (χ3v) is 6.75. The fourth-order valence-electron chi connectivity index (χ4n) is 4.49. The molecular formula is C25H30FN4O8P. The van der Waals surface area contributed by atoms with Crippen molar-refractivity contribution in [1.29, 1.82) is 0 Å². The van der Waals surface area contributed by atoms with Crippen LogP contribution in [0.2, 0.25) is 0 Å². The quantitative estimate of drug-likeness (QED) is 0.273. The van der Waals surface area contributed by atoms with Crippen molar-refractivity contribution in [2.45, 2.75) is 37.9 Å². The Kier molecular flexibility index (Phi) is 9.54. The predicted octanol–water partition coefficient (Wildman–Crippen LogP) is 2.26. The van der Waals surface area contributed by atoms with E-state index in [1.165, 1.54) is 11.2 Å². The van der Waals surface area contributed by atoms with Gasteiger partial charge in [0.25, 0.3) is 0 Å². The van der Waals surface area contributed by atoms with E-state index in [0.29, 0.717) is 36.1 Å². The Morgan fingerprint density at radius 3 is 2.77 bits per heavy atom. The molecule has 210 valence electrons. The van der Waals surface area contributed by atoms with Gasteiger partial charge in [-0.1, -0.05) is 18.2 Å². The number of cyclic esters (lactones) is 1. The number of benzene rings is 1. The number of rotatable bonds is 11. The van der Waals surface area contributed by atoms with E-state index in [4.69, 9.17) is 19.3 Å². The summed E-state index contributed by atoms with van der Waals surface area (Å²) in [7, 11) is -3.05. The van der Waals surface area contributed by atoms with Crippen molar-refractivity contribution in [3.63, 3.8) is 0 Å². The molecule has 0 amide bonds. The predicted molar refractivity (Wildman–Crippen MR) is 138 cm³/mol. The summed E-state index contributed by atoms with van der Waals surface area (Å²) in [5.74, 6) is -0.917. The summed E-state index contributed by atoms with van der Waals surface area (Å²) in [5.41, 5.74) is 3.23. The minimum atomic E-state index is -4.78. The molecule has 4 rings (SSSR count). The van der Waals surface area contributed by atoms with Crippen molar-refractivity contribution in [3.8, 4) is 11.1 Å². The van der Waals surface area contributed by atoms with Gasteiger partial charge < -0.3 is 24.4 Å². The molecule has 3 N–H and O–H groups in total. The summed E-state index contributed by atoms with van der Waals surface area (Å²) >= 11 is 0. The zero-order chi connectivity index (χ0) is 28.0. The Labute approximate surface area is 224 Å². The number of nitrogens with zero attached hydrogens (tertiary/aromatic N) is 4. The van der Waals surface area contributed by atoms with Gasteiger partial charge in [0, 0.05) is 43.4 Å². The molecule has 39 heavy (non-hydrogen) atoms. The number of hydrogen-bond acceptors (Lipinski definition) is 10. The Morgan fingerprint density at radius 1 is 1.28 bits per heavy atom. The number of carbonyl (C=O) groups excluding carboxylic acids is 1. The molecule has 2 aliphatic rings. The molecule has 1 saturated heterocycles. The second kappa shape index (κ2) is 12.9. The lowest BCUT2D eigenvalue weighted by Crippen LogP contribution is -2.35. The van der Waals surface area contributed by atoms with Crippen LogP contribution in [0, 0.1) is 11.7 Å². The monoisotopic (exact) mass is 564 g/mol. The van der Waals surface area contributed by atoms with Crippen molar-refractivity contribution in [2.24, 2.45) is 16.1 Å². The third kappa shape index (κ3) is 8.46. The maximum Gasteiger partial charge on any atom is 0.470 e. The molecule has 1 aromatic heterocycles. The van der Waals surface area contributed by atoms with Crippen molar-refractivity contribution in [2.75, 3.05) is 26.9 Å². The Morgan fingerprint density at radius 2 is 2.10 bits per heavy atom. The smallest absolute Gasteiger partial charge is 0.460 e. The van der Waals surface area contributed by atoms with Crippen LogP contribution in [0.3, 0.4) is 0 Å². The lowest BCUT2D eigenvalue weighted by Gasteiger charge is -2.29. The van der Waals surface area contributed by atoms with Gasteiger partial charge in [-0.3, -0.25) is 14.3 Å². The van der Waals surface area contributed by atoms with Gasteiger partial charge in [0.2, 0.25) is 0 Å². The van der Waals surface area contributed by atoms with E-state index in [0.717, 1.165) is 11.3 Å². The molecule has 1 aromatic carbocycles. The topological polar surface area (TPSA) is 163 Å². The van der Waals surface area contributed by atoms with E-state index in [-0.39, 0.29) is 25.6 Å². The summed E-state index contributed by atoms with van der Waals surface area (Å²) in [6.07, 6.45) is 3.21. The van der Waals surface area contributed by atoms with E-state index >= 15 is 4.39 Å². The zero-order valence-electron chi connectivity index (χ0n) is 21.2. The van der Waals surface area contributed by atoms with E-state index in [2.05, 4.69) is 19.7 Å². The summed E-state index contributed by atoms with van der Waals surface area (Å²) in [5, 5.41) is 19.0. The summed E-state index contributed by atoms with van der Waals surface area (Å²) in [6.45, 7) is -0.973. The van der Waals surface area contributed by atoms with Crippen LogP contribution in [0.15, 0.2) is 46.7 Å². The normalized spacial score (nSPS) is 20.5. The molecule has 2 aromatic rings. The fraction of sp³-hybridized carbons (Fsp3) is 0.440. The number of phosphoric acid groups is 1. The number of hydrazone groups is 2. The van der Waals surface area contributed by atoms with E-state index < -0.39 is 38.4 Å². The minimum Gasteiger partial charge on any atom is -0.460 e. The lowest BCUT2D eigenvalue weighted by molar-refractivity contribution is -0.161. The van der Waals surface area contributed by atoms with Crippen molar-refractivity contribution >= 4 is 25.7 Å². The first-order chi connectivity index (χ1) is 18.6. The maximum absolute atomic E-state index is 15.1. The highest BCUT2D eigenvalue weighted by Gasteiger charge is 2.30. The number of carbonyl (C=O) groups is 1. The van der Waals surface area contributed by atoms with Crippen LogP contribution < -0.4 is 0 Å². The number of ether oxygens (including phenoxy) is 2. The molecular weight excluding hydrogens is 534 g/mol. The molecule has 1 fully saturated rings. The largest absolute Gasteiger partial charge is 0.470 e. The molecule has 0 saturated carbocycles. The fourth-order valence-corrected chi connectivity index (χ4v) is 5.01. The first-order valence-electron chi connectivity index (χ1n) is 12.3. The van der Waals surface area contributed by atoms with Crippen LogP contribution >= 0.6 is 7.82 Å². The molecule has 12 nitrogen and oxygen atoms in total. The average Bonchev–Trinajstić information content (AvgIpc) is 2.87. The van der Waals surface area contributed by atoms with E-state index in [1.54, 1.807) is 37.7 Å². The molecule has 3 atom stereocenters. The van der Waals surface area contributed by atoms with Crippen LogP contribution in [0.1, 0.15) is 30.5 Å². The molecule has 2 aliphatic heterocycles. The Hall–Kier alpha value is -3.06. The molecule has 0 radical (unpaired) electrons. The first-order valence-corrected chi connectivity index (χ1v) is 13.8. The highest BCUT2D eigenvalue weighted by molar-refractivity contribution is 7.46. The van der Waals surface area contributed by atoms with Crippen molar-refractivity contribution in [3.05, 3.63) is 53.6 Å². The van der Waals surface area contributed by atoms with Gasteiger partial charge in [-0.15, -0.1) is 0 Å². The van der Waals surface area contributed by atoms with Gasteiger partial charge in [0.1, 0.15) is 18.0 Å². The van der Waals surface area contributed by atoms with Crippen LogP contribution in [0.25, 0.3) is 11.1 Å². The van der Waals surface area contributed by atoms with Gasteiger partial charge in [0.05, 0.1) is 31.2 Å². The molecule has 0 aliphatic carbocycles. The van der Waals surface area contributed by atoms with Crippen LogP contribution in [0.4, 0.5) is 4.39 Å². The second-order valence-corrected chi connectivity index (χ2v) is 10.5. The van der Waals surface area contributed by atoms with Crippen LogP contribution in [-0.4, -0.2) is 82.0 Å². The van der Waals surface area contributed by atoms with E-state index in [9.17, 15) is 14.5 Å². The van der Waals surface area contributed by atoms with E-state index in [1.807, 2.05) is 6.07 Å². The van der Waals surface area contributed by atoms with Gasteiger partial charge in [-0.25, -0.2) is 8.96 Å². The summed E-state index contributed by atoms with van der Waals surface area (Å²) < 4.78 is 41.1.